The average molecular weight is 457 g/mol. The molecule has 0 spiro atoms. The lowest BCUT2D eigenvalue weighted by Crippen LogP contribution is -2.22. The summed E-state index contributed by atoms with van der Waals surface area (Å²) in [5.41, 5.74) is 1.76. The molecule has 33 heavy (non-hydrogen) atoms. The van der Waals surface area contributed by atoms with Gasteiger partial charge in [-0.05, 0) is 48.7 Å². The van der Waals surface area contributed by atoms with Gasteiger partial charge in [0.1, 0.15) is 5.75 Å². The van der Waals surface area contributed by atoms with Crippen molar-refractivity contribution < 1.29 is 34.0 Å². The van der Waals surface area contributed by atoms with Crippen molar-refractivity contribution in [2.45, 2.75) is 19.4 Å². The second-order valence-electron chi connectivity index (χ2n) is 7.30. The summed E-state index contributed by atoms with van der Waals surface area (Å²) in [7, 11) is 4.68. The van der Waals surface area contributed by atoms with Crippen LogP contribution in [-0.4, -0.2) is 50.7 Å². The van der Waals surface area contributed by atoms with Crippen molar-refractivity contribution in [3.63, 3.8) is 0 Å². The molecule has 0 unspecified atom stereocenters. The number of aliphatic hydroxyl groups excluding tert-OH is 2. The number of methoxy groups -OCH3 is 3. The van der Waals surface area contributed by atoms with E-state index in [9.17, 15) is 15.0 Å². The third kappa shape index (κ3) is 7.37. The summed E-state index contributed by atoms with van der Waals surface area (Å²) in [6.07, 6.45) is 4.87. The fraction of sp³-hybridized carbons (Fsp3) is 0.346. The molecule has 2 aromatic carbocycles. The summed E-state index contributed by atoms with van der Waals surface area (Å²) in [6.45, 7) is 1.22. The number of rotatable bonds is 12. The minimum atomic E-state index is -0.929. The van der Waals surface area contributed by atoms with Crippen LogP contribution in [0.15, 0.2) is 60.2 Å². The number of carbonyl (C=O) groups excluding carboxylic acids is 1. The van der Waals surface area contributed by atoms with Crippen molar-refractivity contribution in [1.82, 2.24) is 0 Å². The summed E-state index contributed by atoms with van der Waals surface area (Å²) < 4.78 is 21.2. The van der Waals surface area contributed by atoms with Gasteiger partial charge >= 0.3 is 5.97 Å². The zero-order valence-corrected chi connectivity index (χ0v) is 19.5. The number of aliphatic hydroxyl groups is 2. The largest absolute Gasteiger partial charge is 0.497 e. The van der Waals surface area contributed by atoms with E-state index in [1.165, 1.54) is 13.2 Å². The van der Waals surface area contributed by atoms with Crippen LogP contribution >= 0.6 is 0 Å². The third-order valence-electron chi connectivity index (χ3n) is 5.27. The molecule has 0 aliphatic carbocycles. The molecule has 2 rings (SSSR count). The molecule has 0 saturated carbocycles. The maximum absolute atomic E-state index is 12.2. The summed E-state index contributed by atoms with van der Waals surface area (Å²) in [6, 6.07) is 12.8. The van der Waals surface area contributed by atoms with E-state index in [0.29, 0.717) is 23.5 Å². The molecule has 0 amide bonds. The Morgan fingerprint density at radius 2 is 1.70 bits per heavy atom. The first-order valence-corrected chi connectivity index (χ1v) is 10.6. The second kappa shape index (κ2) is 13.3. The summed E-state index contributed by atoms with van der Waals surface area (Å²) in [4.78, 5) is 12.2. The molecule has 0 aromatic heterocycles. The summed E-state index contributed by atoms with van der Waals surface area (Å²) in [5, 5.41) is 20.4. The average Bonchev–Trinajstić information content (AvgIpc) is 2.86. The van der Waals surface area contributed by atoms with Crippen LogP contribution in [0.2, 0.25) is 0 Å². The van der Waals surface area contributed by atoms with Gasteiger partial charge in [0.15, 0.2) is 11.5 Å². The van der Waals surface area contributed by atoms with Crippen molar-refractivity contribution in [1.29, 1.82) is 0 Å². The van der Waals surface area contributed by atoms with Gasteiger partial charge < -0.3 is 29.2 Å². The van der Waals surface area contributed by atoms with E-state index in [2.05, 4.69) is 0 Å². The molecule has 0 saturated heterocycles. The van der Waals surface area contributed by atoms with Crippen molar-refractivity contribution in [3.8, 4) is 17.2 Å². The molecule has 178 valence electrons. The minimum Gasteiger partial charge on any atom is -0.497 e. The summed E-state index contributed by atoms with van der Waals surface area (Å²) in [5.74, 6) is 0.776. The molecule has 0 aliphatic rings. The molecule has 0 bridgehead atoms. The van der Waals surface area contributed by atoms with Crippen molar-refractivity contribution >= 4 is 12.0 Å². The number of allylic oxidation sites excluding steroid dienone is 2. The SMILES string of the molecule is C/C=C(/CO)C(=O)OC[C@@H](C/C=C/c1ccc(OC)cc1)[C@@H](O)c1ccc(OC)c(OC)c1. The molecule has 7 heteroatoms. The van der Waals surface area contributed by atoms with Gasteiger partial charge in [-0.25, -0.2) is 4.79 Å². The van der Waals surface area contributed by atoms with Crippen LogP contribution in [0, 0.1) is 5.92 Å². The Kier molecular flexibility index (Phi) is 10.5. The zero-order chi connectivity index (χ0) is 24.2. The summed E-state index contributed by atoms with van der Waals surface area (Å²) >= 11 is 0. The van der Waals surface area contributed by atoms with Gasteiger partial charge in [0, 0.05) is 5.92 Å². The quantitative estimate of drug-likeness (QED) is 0.369. The van der Waals surface area contributed by atoms with Crippen LogP contribution in [0.1, 0.15) is 30.6 Å². The maximum Gasteiger partial charge on any atom is 0.336 e. The second-order valence-corrected chi connectivity index (χ2v) is 7.30. The fourth-order valence-corrected chi connectivity index (χ4v) is 3.24. The molecular weight excluding hydrogens is 424 g/mol. The maximum atomic E-state index is 12.2. The molecule has 2 aromatic rings. The lowest BCUT2D eigenvalue weighted by Gasteiger charge is -2.23. The molecule has 0 fully saturated rings. The van der Waals surface area contributed by atoms with Gasteiger partial charge in [0.05, 0.1) is 46.2 Å². The van der Waals surface area contributed by atoms with E-state index < -0.39 is 24.6 Å². The smallest absolute Gasteiger partial charge is 0.336 e. The van der Waals surface area contributed by atoms with E-state index in [0.717, 1.165) is 11.3 Å². The molecule has 2 N–H and O–H groups in total. The number of hydrogen-bond acceptors (Lipinski definition) is 7. The number of carbonyl (C=O) groups is 1. The van der Waals surface area contributed by atoms with Crippen LogP contribution < -0.4 is 14.2 Å². The van der Waals surface area contributed by atoms with Gasteiger partial charge in [-0.1, -0.05) is 36.4 Å². The van der Waals surface area contributed by atoms with Gasteiger partial charge in [-0.2, -0.15) is 0 Å². The van der Waals surface area contributed by atoms with Gasteiger partial charge in [0.25, 0.3) is 0 Å². The lowest BCUT2D eigenvalue weighted by atomic mass is 9.92. The van der Waals surface area contributed by atoms with Crippen LogP contribution in [0.4, 0.5) is 0 Å². The van der Waals surface area contributed by atoms with Gasteiger partial charge in [0.2, 0.25) is 0 Å². The standard InChI is InChI=1S/C26H32O7/c1-5-19(16-27)26(29)33-17-21(8-6-7-18-9-12-22(30-2)13-10-18)25(28)20-11-14-23(31-3)24(15-20)32-4/h5-7,9-15,21,25,27-28H,8,16-17H2,1-4H3/b7-6+,19-5-/t21-,25+/m1/s1. The highest BCUT2D eigenvalue weighted by atomic mass is 16.5. The predicted molar refractivity (Wildman–Crippen MR) is 126 cm³/mol. The molecule has 7 nitrogen and oxygen atoms in total. The highest BCUT2D eigenvalue weighted by Crippen LogP contribution is 2.33. The van der Waals surface area contributed by atoms with E-state index >= 15 is 0 Å². The Balaban J connectivity index is 2.21. The molecule has 0 heterocycles. The topological polar surface area (TPSA) is 94.5 Å². The van der Waals surface area contributed by atoms with E-state index in [1.54, 1.807) is 39.3 Å². The normalized spacial score (nSPS) is 13.5. The minimum absolute atomic E-state index is 0.0291. The highest BCUT2D eigenvalue weighted by Gasteiger charge is 2.24. The molecular formula is C26H32O7. The number of esters is 1. The Morgan fingerprint density at radius 1 is 1.00 bits per heavy atom. The Bertz CT molecular complexity index is 948. The van der Waals surface area contributed by atoms with E-state index in [1.807, 2.05) is 36.4 Å². The molecule has 0 aliphatic heterocycles. The fourth-order valence-electron chi connectivity index (χ4n) is 3.24. The van der Waals surface area contributed by atoms with Crippen LogP contribution in [0.25, 0.3) is 6.08 Å². The Morgan fingerprint density at radius 3 is 2.27 bits per heavy atom. The molecule has 0 radical (unpaired) electrons. The van der Waals surface area contributed by atoms with Crippen molar-refractivity contribution in [3.05, 3.63) is 71.3 Å². The Labute approximate surface area is 194 Å². The zero-order valence-electron chi connectivity index (χ0n) is 19.5. The highest BCUT2D eigenvalue weighted by molar-refractivity contribution is 5.88. The Hall–Kier alpha value is -3.29. The van der Waals surface area contributed by atoms with E-state index in [-0.39, 0.29) is 12.2 Å². The van der Waals surface area contributed by atoms with E-state index in [4.69, 9.17) is 18.9 Å². The van der Waals surface area contributed by atoms with Gasteiger partial charge in [-0.3, -0.25) is 0 Å². The third-order valence-corrected chi connectivity index (χ3v) is 5.27. The number of ether oxygens (including phenoxy) is 4. The predicted octanol–water partition coefficient (Wildman–Crippen LogP) is 3.95. The number of benzene rings is 2. The monoisotopic (exact) mass is 456 g/mol. The van der Waals surface area contributed by atoms with Gasteiger partial charge in [-0.15, -0.1) is 0 Å². The van der Waals surface area contributed by atoms with Crippen LogP contribution in [-0.2, 0) is 9.53 Å². The first kappa shape index (κ1) is 26.0. The lowest BCUT2D eigenvalue weighted by molar-refractivity contribution is -0.142. The van der Waals surface area contributed by atoms with Crippen molar-refractivity contribution in [2.75, 3.05) is 34.5 Å². The first-order chi connectivity index (χ1) is 16.0. The number of hydrogen-bond donors (Lipinski definition) is 2. The van der Waals surface area contributed by atoms with Crippen LogP contribution in [0.3, 0.4) is 0 Å². The van der Waals surface area contributed by atoms with Crippen molar-refractivity contribution in [2.24, 2.45) is 5.92 Å². The van der Waals surface area contributed by atoms with Crippen LogP contribution in [0.5, 0.6) is 17.2 Å². The molecule has 2 atom stereocenters. The first-order valence-electron chi connectivity index (χ1n) is 10.6.